The van der Waals surface area contributed by atoms with Gasteiger partial charge < -0.3 is 4.74 Å². The van der Waals surface area contributed by atoms with E-state index < -0.39 is 0 Å². The molecule has 0 radical (unpaired) electrons. The van der Waals surface area contributed by atoms with Crippen molar-refractivity contribution in [1.82, 2.24) is 0 Å². The number of hydrogen-bond donors (Lipinski definition) is 0. The van der Waals surface area contributed by atoms with Crippen molar-refractivity contribution in [3.63, 3.8) is 0 Å². The fourth-order valence-corrected chi connectivity index (χ4v) is 2.40. The van der Waals surface area contributed by atoms with Crippen LogP contribution < -0.4 is 4.74 Å². The fraction of sp³-hybridized carbons (Fsp3) is 0.0952. The first kappa shape index (κ1) is 15.0. The van der Waals surface area contributed by atoms with Crippen LogP contribution in [0.3, 0.4) is 0 Å². The summed E-state index contributed by atoms with van der Waals surface area (Å²) < 4.78 is 5.43. The van der Waals surface area contributed by atoms with E-state index in [4.69, 9.17) is 4.74 Å². The lowest BCUT2D eigenvalue weighted by Gasteiger charge is -2.07. The predicted molar refractivity (Wildman–Crippen MR) is 92.8 cm³/mol. The van der Waals surface area contributed by atoms with E-state index in [1.165, 1.54) is 5.56 Å². The van der Waals surface area contributed by atoms with Gasteiger partial charge in [0.25, 0.3) is 0 Å². The summed E-state index contributed by atoms with van der Waals surface area (Å²) in [5.41, 5.74) is 5.08. The topological polar surface area (TPSA) is 26.3 Å². The average molecular weight is 302 g/mol. The second kappa shape index (κ2) is 6.49. The largest absolute Gasteiger partial charge is 0.423 e. The zero-order chi connectivity index (χ0) is 16.2. The van der Waals surface area contributed by atoms with E-state index in [1.807, 2.05) is 49.4 Å². The van der Waals surface area contributed by atoms with Crippen molar-refractivity contribution in [2.45, 2.75) is 13.8 Å². The lowest BCUT2D eigenvalue weighted by atomic mass is 10.0. The van der Waals surface area contributed by atoms with Crippen molar-refractivity contribution in [3.05, 3.63) is 89.5 Å². The summed E-state index contributed by atoms with van der Waals surface area (Å²) in [4.78, 5) is 12.1. The molecule has 0 aliphatic heterocycles. The number of benzene rings is 3. The highest BCUT2D eigenvalue weighted by Crippen LogP contribution is 2.23. The standard InChI is InChI=1S/C21H18O2/c1-15-6-8-17(9-7-15)18-10-12-20(13-11-18)23-21(22)19-5-3-4-16(2)14-19/h3-14H,1-2H3. The average Bonchev–Trinajstić information content (AvgIpc) is 2.56. The molecule has 0 fully saturated rings. The molecule has 0 N–H and O–H groups in total. The molecule has 0 atom stereocenters. The minimum atomic E-state index is -0.336. The molecule has 0 spiro atoms. The van der Waals surface area contributed by atoms with Gasteiger partial charge >= 0.3 is 5.97 Å². The van der Waals surface area contributed by atoms with E-state index in [0.29, 0.717) is 11.3 Å². The molecule has 3 aromatic rings. The first-order chi connectivity index (χ1) is 11.1. The lowest BCUT2D eigenvalue weighted by molar-refractivity contribution is 0.0734. The van der Waals surface area contributed by atoms with Crippen molar-refractivity contribution in [2.24, 2.45) is 0 Å². The van der Waals surface area contributed by atoms with Gasteiger partial charge in [-0.3, -0.25) is 0 Å². The van der Waals surface area contributed by atoms with Crippen LogP contribution >= 0.6 is 0 Å². The first-order valence-corrected chi connectivity index (χ1v) is 7.58. The molecule has 23 heavy (non-hydrogen) atoms. The minimum absolute atomic E-state index is 0.336. The van der Waals surface area contributed by atoms with Crippen molar-refractivity contribution in [1.29, 1.82) is 0 Å². The highest BCUT2D eigenvalue weighted by atomic mass is 16.5. The maximum absolute atomic E-state index is 12.1. The number of aryl methyl sites for hydroxylation is 2. The van der Waals surface area contributed by atoms with Gasteiger partial charge in [0.15, 0.2) is 0 Å². The Balaban J connectivity index is 1.75. The van der Waals surface area contributed by atoms with Crippen molar-refractivity contribution >= 4 is 5.97 Å². The molecule has 0 saturated carbocycles. The second-order valence-electron chi connectivity index (χ2n) is 5.65. The molecule has 0 unspecified atom stereocenters. The maximum atomic E-state index is 12.1. The number of ether oxygens (including phenoxy) is 1. The van der Waals surface area contributed by atoms with Gasteiger partial charge in [0.05, 0.1) is 5.56 Å². The van der Waals surface area contributed by atoms with Crippen LogP contribution in [-0.2, 0) is 0 Å². The van der Waals surface area contributed by atoms with Crippen LogP contribution in [0.2, 0.25) is 0 Å². The van der Waals surface area contributed by atoms with Crippen molar-refractivity contribution in [3.8, 4) is 16.9 Å². The summed E-state index contributed by atoms with van der Waals surface area (Å²) in [5.74, 6) is 0.212. The van der Waals surface area contributed by atoms with Gasteiger partial charge in [-0.05, 0) is 49.2 Å². The van der Waals surface area contributed by atoms with E-state index in [1.54, 1.807) is 6.07 Å². The van der Waals surface area contributed by atoms with Crippen molar-refractivity contribution < 1.29 is 9.53 Å². The fourth-order valence-electron chi connectivity index (χ4n) is 2.40. The highest BCUT2D eigenvalue weighted by Gasteiger charge is 2.08. The maximum Gasteiger partial charge on any atom is 0.343 e. The Kier molecular flexibility index (Phi) is 4.24. The molecule has 3 aromatic carbocycles. The van der Waals surface area contributed by atoms with Gasteiger partial charge in [0.1, 0.15) is 5.75 Å². The van der Waals surface area contributed by atoms with E-state index in [-0.39, 0.29) is 5.97 Å². The second-order valence-corrected chi connectivity index (χ2v) is 5.65. The Morgan fingerprint density at radius 3 is 1.96 bits per heavy atom. The summed E-state index contributed by atoms with van der Waals surface area (Å²) in [5, 5.41) is 0. The minimum Gasteiger partial charge on any atom is -0.423 e. The van der Waals surface area contributed by atoms with Crippen LogP contribution in [0.1, 0.15) is 21.5 Å². The third-order valence-electron chi connectivity index (χ3n) is 3.70. The van der Waals surface area contributed by atoms with Crippen LogP contribution in [0.5, 0.6) is 5.75 Å². The van der Waals surface area contributed by atoms with Gasteiger partial charge in [-0.2, -0.15) is 0 Å². The lowest BCUT2D eigenvalue weighted by Crippen LogP contribution is -2.08. The Morgan fingerprint density at radius 2 is 1.35 bits per heavy atom. The van der Waals surface area contributed by atoms with Crippen LogP contribution in [0.15, 0.2) is 72.8 Å². The molecule has 3 rings (SSSR count). The van der Waals surface area contributed by atoms with E-state index >= 15 is 0 Å². The summed E-state index contributed by atoms with van der Waals surface area (Å²) in [7, 11) is 0. The molecule has 2 nitrogen and oxygen atoms in total. The molecule has 0 aromatic heterocycles. The normalized spacial score (nSPS) is 10.3. The molecule has 0 amide bonds. The van der Waals surface area contributed by atoms with Crippen LogP contribution in [-0.4, -0.2) is 5.97 Å². The van der Waals surface area contributed by atoms with Crippen LogP contribution in [0.25, 0.3) is 11.1 Å². The molecular weight excluding hydrogens is 284 g/mol. The van der Waals surface area contributed by atoms with Crippen LogP contribution in [0.4, 0.5) is 0 Å². The molecule has 0 saturated heterocycles. The number of carbonyl (C=O) groups is 1. The number of hydrogen-bond acceptors (Lipinski definition) is 2. The zero-order valence-corrected chi connectivity index (χ0v) is 13.2. The van der Waals surface area contributed by atoms with Crippen molar-refractivity contribution in [2.75, 3.05) is 0 Å². The summed E-state index contributed by atoms with van der Waals surface area (Å²) in [6, 6.07) is 23.3. The smallest absolute Gasteiger partial charge is 0.343 e. The Morgan fingerprint density at radius 1 is 0.739 bits per heavy atom. The number of esters is 1. The SMILES string of the molecule is Cc1ccc(-c2ccc(OC(=O)c3cccc(C)c3)cc2)cc1. The van der Waals surface area contributed by atoms with E-state index in [2.05, 4.69) is 31.2 Å². The van der Waals surface area contributed by atoms with Gasteiger partial charge in [-0.15, -0.1) is 0 Å². The number of rotatable bonds is 3. The Bertz CT molecular complexity index is 815. The predicted octanol–water partition coefficient (Wildman–Crippen LogP) is 5.19. The Labute approximate surface area is 136 Å². The first-order valence-electron chi connectivity index (χ1n) is 7.58. The molecule has 0 bridgehead atoms. The summed E-state index contributed by atoms with van der Waals surface area (Å²) in [6.45, 7) is 4.02. The van der Waals surface area contributed by atoms with Gasteiger partial charge in [0.2, 0.25) is 0 Å². The van der Waals surface area contributed by atoms with Gasteiger partial charge in [0, 0.05) is 0 Å². The molecule has 0 heterocycles. The third-order valence-corrected chi connectivity index (χ3v) is 3.70. The molecule has 2 heteroatoms. The quantitative estimate of drug-likeness (QED) is 0.491. The third kappa shape index (κ3) is 3.67. The monoisotopic (exact) mass is 302 g/mol. The molecule has 114 valence electrons. The zero-order valence-electron chi connectivity index (χ0n) is 13.2. The summed E-state index contributed by atoms with van der Waals surface area (Å²) in [6.07, 6.45) is 0. The van der Waals surface area contributed by atoms with E-state index in [9.17, 15) is 4.79 Å². The molecule has 0 aliphatic carbocycles. The molecule has 0 aliphatic rings. The summed E-state index contributed by atoms with van der Waals surface area (Å²) >= 11 is 0. The number of carbonyl (C=O) groups excluding carboxylic acids is 1. The van der Waals surface area contributed by atoms with E-state index in [0.717, 1.165) is 16.7 Å². The van der Waals surface area contributed by atoms with Gasteiger partial charge in [-0.25, -0.2) is 4.79 Å². The van der Waals surface area contributed by atoms with Gasteiger partial charge in [-0.1, -0.05) is 59.7 Å². The van der Waals surface area contributed by atoms with Crippen LogP contribution in [0, 0.1) is 13.8 Å². The Hall–Kier alpha value is -2.87. The highest BCUT2D eigenvalue weighted by molar-refractivity contribution is 5.91. The molecular formula is C21H18O2.